The first-order chi connectivity index (χ1) is 10.6. The smallest absolute Gasteiger partial charge is 0.138 e. The number of rotatable bonds is 8. The fourth-order valence-electron chi connectivity index (χ4n) is 3.26. The second kappa shape index (κ2) is 10.3. The van der Waals surface area contributed by atoms with Gasteiger partial charge >= 0.3 is 0 Å². The van der Waals surface area contributed by atoms with Gasteiger partial charge in [0.25, 0.3) is 0 Å². The van der Waals surface area contributed by atoms with Crippen LogP contribution in [0.2, 0.25) is 0 Å². The average Bonchev–Trinajstić information content (AvgIpc) is 2.53. The van der Waals surface area contributed by atoms with Crippen molar-refractivity contribution in [3.05, 3.63) is 29.8 Å². The van der Waals surface area contributed by atoms with E-state index >= 15 is 0 Å². The lowest BCUT2D eigenvalue weighted by Gasteiger charge is -2.37. The first-order valence-electron chi connectivity index (χ1n) is 8.68. The van der Waals surface area contributed by atoms with E-state index in [0.717, 1.165) is 29.6 Å². The number of Topliss-reactive ketones (excluding diaryl/α,β-unsaturated/α-hetero) is 1. The van der Waals surface area contributed by atoms with Crippen molar-refractivity contribution < 1.29 is 38.0 Å². The molecule has 2 rings (SSSR count). The summed E-state index contributed by atoms with van der Waals surface area (Å²) >= 11 is 0. The van der Waals surface area contributed by atoms with E-state index in [1.165, 1.54) is 37.9 Å². The highest BCUT2D eigenvalue weighted by Crippen LogP contribution is 2.18. The van der Waals surface area contributed by atoms with Crippen molar-refractivity contribution in [2.45, 2.75) is 45.4 Å². The molecule has 0 aromatic heterocycles. The van der Waals surface area contributed by atoms with E-state index in [4.69, 9.17) is 4.74 Å². The maximum absolute atomic E-state index is 12.2. The summed E-state index contributed by atoms with van der Waals surface area (Å²) in [4.78, 5) is 12.2. The van der Waals surface area contributed by atoms with Gasteiger partial charge in [-0.1, -0.05) is 12.1 Å². The predicted octanol–water partition coefficient (Wildman–Crippen LogP) is 0.612. The van der Waals surface area contributed by atoms with E-state index in [9.17, 15) is 4.79 Å². The standard InChI is InChI=1S/C19H30NO2.HI/c1-3-22-19-9-7-8-17(16-19)10-11-18(21)12-15-20(2)13-5-4-6-14-20;/h7-9,16H,3-6,10-15H2,1-2H3;1H/q+1;/p-1. The molecule has 4 heteroatoms. The van der Waals surface area contributed by atoms with E-state index in [0.29, 0.717) is 18.8 Å². The van der Waals surface area contributed by atoms with Crippen LogP contribution in [-0.4, -0.2) is 43.6 Å². The largest absolute Gasteiger partial charge is 1.00 e. The van der Waals surface area contributed by atoms with Crippen LogP contribution in [0.25, 0.3) is 0 Å². The highest BCUT2D eigenvalue weighted by atomic mass is 127. The molecule has 0 radical (unpaired) electrons. The molecule has 130 valence electrons. The second-order valence-electron chi connectivity index (χ2n) is 6.72. The molecule has 3 nitrogen and oxygen atoms in total. The number of quaternary nitrogens is 1. The summed E-state index contributed by atoms with van der Waals surface area (Å²) in [6.45, 7) is 6.16. The molecule has 1 fully saturated rings. The minimum absolute atomic E-state index is 0. The maximum atomic E-state index is 12.2. The number of ketones is 1. The van der Waals surface area contributed by atoms with Gasteiger partial charge in [-0.05, 0) is 50.3 Å². The molecule has 1 aliphatic heterocycles. The number of carbonyl (C=O) groups excluding carboxylic acids is 1. The lowest BCUT2D eigenvalue weighted by Crippen LogP contribution is -3.00. The molecule has 0 amide bonds. The van der Waals surface area contributed by atoms with Crippen molar-refractivity contribution in [1.29, 1.82) is 0 Å². The van der Waals surface area contributed by atoms with Crippen LogP contribution < -0.4 is 28.7 Å². The van der Waals surface area contributed by atoms with Crippen molar-refractivity contribution in [2.75, 3.05) is 33.3 Å². The van der Waals surface area contributed by atoms with Crippen LogP contribution >= 0.6 is 0 Å². The number of piperidine rings is 1. The normalized spacial score (nSPS) is 16.4. The van der Waals surface area contributed by atoms with Crippen molar-refractivity contribution in [1.82, 2.24) is 0 Å². The monoisotopic (exact) mass is 431 g/mol. The zero-order valence-electron chi connectivity index (χ0n) is 14.5. The van der Waals surface area contributed by atoms with E-state index in [2.05, 4.69) is 19.2 Å². The number of ether oxygens (including phenoxy) is 1. The van der Waals surface area contributed by atoms with Gasteiger partial charge in [-0.25, -0.2) is 0 Å². The molecule has 0 bridgehead atoms. The summed E-state index contributed by atoms with van der Waals surface area (Å²) in [5, 5.41) is 0. The maximum Gasteiger partial charge on any atom is 0.138 e. The van der Waals surface area contributed by atoms with E-state index in [1.807, 2.05) is 19.1 Å². The Labute approximate surface area is 158 Å². The minimum atomic E-state index is 0. The third-order valence-corrected chi connectivity index (χ3v) is 4.73. The lowest BCUT2D eigenvalue weighted by molar-refractivity contribution is -0.913. The van der Waals surface area contributed by atoms with Gasteiger partial charge in [0.05, 0.1) is 39.7 Å². The number of likely N-dealkylation sites (tertiary alicyclic amines) is 1. The Morgan fingerprint density at radius 2 is 1.91 bits per heavy atom. The number of carbonyl (C=O) groups is 1. The number of benzene rings is 1. The molecular weight excluding hydrogens is 401 g/mol. The molecule has 0 N–H and O–H groups in total. The van der Waals surface area contributed by atoms with Crippen LogP contribution in [0.15, 0.2) is 24.3 Å². The number of hydrogen-bond donors (Lipinski definition) is 0. The van der Waals surface area contributed by atoms with Crippen LogP contribution in [0.4, 0.5) is 0 Å². The molecule has 1 aromatic carbocycles. The predicted molar refractivity (Wildman–Crippen MR) is 90.2 cm³/mol. The Balaban J connectivity index is 0.00000264. The van der Waals surface area contributed by atoms with Crippen molar-refractivity contribution in [3.8, 4) is 5.75 Å². The first-order valence-corrected chi connectivity index (χ1v) is 8.68. The van der Waals surface area contributed by atoms with Crippen molar-refractivity contribution in [2.24, 2.45) is 0 Å². The number of hydrogen-bond acceptors (Lipinski definition) is 2. The molecule has 0 unspecified atom stereocenters. The second-order valence-corrected chi connectivity index (χ2v) is 6.72. The zero-order chi connectivity index (χ0) is 15.8. The average molecular weight is 431 g/mol. The van der Waals surface area contributed by atoms with Crippen LogP contribution in [0.3, 0.4) is 0 Å². The van der Waals surface area contributed by atoms with E-state index in [1.54, 1.807) is 0 Å². The summed E-state index contributed by atoms with van der Waals surface area (Å²) in [5.74, 6) is 1.30. The summed E-state index contributed by atoms with van der Waals surface area (Å²) in [6, 6.07) is 8.10. The van der Waals surface area contributed by atoms with Crippen LogP contribution in [0.5, 0.6) is 5.75 Å². The molecule has 1 heterocycles. The molecule has 0 atom stereocenters. The van der Waals surface area contributed by atoms with Crippen molar-refractivity contribution in [3.63, 3.8) is 0 Å². The third-order valence-electron chi connectivity index (χ3n) is 4.73. The molecule has 23 heavy (non-hydrogen) atoms. The lowest BCUT2D eigenvalue weighted by atomic mass is 10.0. The zero-order valence-corrected chi connectivity index (χ0v) is 16.7. The molecule has 1 saturated heterocycles. The third kappa shape index (κ3) is 7.21. The number of halogens is 1. The Hall–Kier alpha value is -0.620. The molecular formula is C19H30INO2. The topological polar surface area (TPSA) is 26.3 Å². The summed E-state index contributed by atoms with van der Waals surface area (Å²) in [6.07, 6.45) is 6.18. The highest BCUT2D eigenvalue weighted by Gasteiger charge is 2.25. The van der Waals surface area contributed by atoms with Crippen LogP contribution in [0, 0.1) is 0 Å². The van der Waals surface area contributed by atoms with Gasteiger partial charge in [0, 0.05) is 6.42 Å². The highest BCUT2D eigenvalue weighted by molar-refractivity contribution is 5.78. The first kappa shape index (κ1) is 20.4. The number of nitrogens with zero attached hydrogens (tertiary/aromatic N) is 1. The van der Waals surface area contributed by atoms with E-state index < -0.39 is 0 Å². The summed E-state index contributed by atoms with van der Waals surface area (Å²) in [5.41, 5.74) is 1.19. The van der Waals surface area contributed by atoms with Crippen molar-refractivity contribution >= 4 is 5.78 Å². The SMILES string of the molecule is CCOc1cccc(CCC(=O)CC[N+]2(C)CCCCC2)c1.[I-]. The fourth-order valence-corrected chi connectivity index (χ4v) is 3.26. The molecule has 0 aliphatic carbocycles. The minimum Gasteiger partial charge on any atom is -1.00 e. The van der Waals surface area contributed by atoms with Gasteiger partial charge in [-0.3, -0.25) is 4.79 Å². The van der Waals surface area contributed by atoms with Crippen LogP contribution in [0.1, 0.15) is 44.6 Å². The summed E-state index contributed by atoms with van der Waals surface area (Å²) in [7, 11) is 2.30. The Bertz CT molecular complexity index is 484. The molecule has 1 aliphatic rings. The van der Waals surface area contributed by atoms with Gasteiger partial charge in [-0.15, -0.1) is 0 Å². The number of aryl methyl sites for hydroxylation is 1. The van der Waals surface area contributed by atoms with Gasteiger partial charge in [0.2, 0.25) is 0 Å². The van der Waals surface area contributed by atoms with Gasteiger partial charge in [0.1, 0.15) is 11.5 Å². The Morgan fingerprint density at radius 3 is 2.61 bits per heavy atom. The fraction of sp³-hybridized carbons (Fsp3) is 0.632. The molecule has 1 aromatic rings. The van der Waals surface area contributed by atoms with Gasteiger partial charge in [-0.2, -0.15) is 0 Å². The van der Waals surface area contributed by atoms with Gasteiger partial charge in [0.15, 0.2) is 0 Å². The quantitative estimate of drug-likeness (QED) is 0.446. The van der Waals surface area contributed by atoms with Crippen LogP contribution in [-0.2, 0) is 11.2 Å². The molecule has 0 spiro atoms. The van der Waals surface area contributed by atoms with E-state index in [-0.39, 0.29) is 24.0 Å². The summed E-state index contributed by atoms with van der Waals surface area (Å²) < 4.78 is 6.59. The van der Waals surface area contributed by atoms with Gasteiger partial charge < -0.3 is 33.2 Å². The molecule has 0 saturated carbocycles. The Kier molecular flexibility index (Phi) is 9.14. The Morgan fingerprint density at radius 1 is 1.17 bits per heavy atom.